The number of hydrogen-bond donors (Lipinski definition) is 0. The molecule has 0 N–H and O–H groups in total. The van der Waals surface area contributed by atoms with Gasteiger partial charge >= 0.3 is 0 Å². The molecule has 3 aromatic rings. The first-order valence-electron chi connectivity index (χ1n) is 9.04. The van der Waals surface area contributed by atoms with E-state index in [9.17, 15) is 0 Å². The molecule has 2 heterocycles. The summed E-state index contributed by atoms with van der Waals surface area (Å²) in [6.07, 6.45) is 1.07. The Hall–Kier alpha value is -1.99. The maximum Gasteiger partial charge on any atom is 0.138 e. The number of hydrogen-bond acceptors (Lipinski definition) is 2. The van der Waals surface area contributed by atoms with Gasteiger partial charge in [-0.25, -0.2) is 0 Å². The third-order valence-electron chi connectivity index (χ3n) is 5.07. The topological polar surface area (TPSA) is 11.4 Å². The highest BCUT2D eigenvalue weighted by Crippen LogP contribution is 2.55. The molecule has 0 radical (unpaired) electrons. The van der Waals surface area contributed by atoms with Crippen LogP contribution >= 0.6 is 8.88 Å². The lowest BCUT2D eigenvalue weighted by Gasteiger charge is -2.29. The Morgan fingerprint density at radius 2 is 1.56 bits per heavy atom. The average Bonchev–Trinajstić information content (AvgIpc) is 3.14. The van der Waals surface area contributed by atoms with Crippen LogP contribution < -0.4 is 9.34 Å². The minimum absolute atomic E-state index is 0.467. The fourth-order valence-electron chi connectivity index (χ4n) is 3.81. The molecule has 4 rings (SSSR count). The van der Waals surface area contributed by atoms with Gasteiger partial charge in [0.05, 0.1) is 20.1 Å². The first kappa shape index (κ1) is 16.5. The largest absolute Gasteiger partial charge is 0.329 e. The van der Waals surface area contributed by atoms with Gasteiger partial charge in [0, 0.05) is 24.5 Å². The molecule has 25 heavy (non-hydrogen) atoms. The van der Waals surface area contributed by atoms with Crippen LogP contribution in [0.25, 0.3) is 10.9 Å². The van der Waals surface area contributed by atoms with Crippen molar-refractivity contribution in [1.82, 2.24) is 4.57 Å². The van der Waals surface area contributed by atoms with E-state index >= 15 is 0 Å². The summed E-state index contributed by atoms with van der Waals surface area (Å²) in [4.78, 5) is 0. The number of fused-ring (bicyclic) bond motifs is 3. The fraction of sp³-hybridized carbons (Fsp3) is 0.333. The van der Waals surface area contributed by atoms with Crippen molar-refractivity contribution in [2.75, 3.05) is 9.34 Å². The van der Waals surface area contributed by atoms with E-state index in [0.29, 0.717) is 21.0 Å². The van der Waals surface area contributed by atoms with E-state index in [-0.39, 0.29) is 0 Å². The van der Waals surface area contributed by atoms with Gasteiger partial charge in [-0.05, 0) is 38.8 Å². The highest BCUT2D eigenvalue weighted by Gasteiger charge is 2.35. The normalized spacial score (nSPS) is 16.2. The summed E-state index contributed by atoms with van der Waals surface area (Å²) in [6.45, 7) is 6.94. The molecular formula is C21H26N3P. The van der Waals surface area contributed by atoms with Crippen molar-refractivity contribution in [2.24, 2.45) is 7.05 Å². The van der Waals surface area contributed by atoms with Crippen LogP contribution in [0.2, 0.25) is 0 Å². The SMILES string of the molecule is CC(C)N1PN([C@@H](C)Cc2ccccc2)c2c1n(C)c1ccccc21. The lowest BCUT2D eigenvalue weighted by Crippen LogP contribution is -2.28. The van der Waals surface area contributed by atoms with Crippen molar-refractivity contribution in [3.05, 3.63) is 60.2 Å². The van der Waals surface area contributed by atoms with Crippen LogP contribution in [-0.4, -0.2) is 16.7 Å². The molecule has 0 bridgehead atoms. The number of nitrogens with zero attached hydrogens (tertiary/aromatic N) is 3. The Balaban J connectivity index is 1.78. The number of anilines is 2. The molecule has 1 unspecified atom stereocenters. The monoisotopic (exact) mass is 351 g/mol. The predicted molar refractivity (Wildman–Crippen MR) is 111 cm³/mol. The molecule has 1 aliphatic rings. The highest BCUT2D eigenvalue weighted by atomic mass is 31.1. The zero-order valence-electron chi connectivity index (χ0n) is 15.4. The van der Waals surface area contributed by atoms with Gasteiger partial charge in [-0.15, -0.1) is 0 Å². The summed E-state index contributed by atoms with van der Waals surface area (Å²) in [5.41, 5.74) is 4.14. The predicted octanol–water partition coefficient (Wildman–Crippen LogP) is 5.35. The molecule has 0 spiro atoms. The molecule has 0 saturated carbocycles. The fourth-order valence-corrected chi connectivity index (χ4v) is 5.23. The summed E-state index contributed by atoms with van der Waals surface area (Å²) in [5.74, 6) is 1.37. The lowest BCUT2D eigenvalue weighted by atomic mass is 10.1. The number of para-hydroxylation sites is 1. The molecule has 0 aliphatic carbocycles. The molecule has 0 amide bonds. The zero-order chi connectivity index (χ0) is 17.6. The Morgan fingerprint density at radius 1 is 0.880 bits per heavy atom. The van der Waals surface area contributed by atoms with E-state index in [1.165, 1.54) is 28.0 Å². The van der Waals surface area contributed by atoms with Crippen molar-refractivity contribution in [2.45, 2.75) is 39.3 Å². The van der Waals surface area contributed by atoms with Gasteiger partial charge in [0.2, 0.25) is 0 Å². The number of rotatable bonds is 4. The van der Waals surface area contributed by atoms with Crippen LogP contribution in [0, 0.1) is 0 Å². The summed E-state index contributed by atoms with van der Waals surface area (Å²) < 4.78 is 7.54. The van der Waals surface area contributed by atoms with Gasteiger partial charge in [0.15, 0.2) is 0 Å². The molecule has 2 aromatic carbocycles. The average molecular weight is 351 g/mol. The quantitative estimate of drug-likeness (QED) is 0.587. The van der Waals surface area contributed by atoms with Gasteiger partial charge < -0.3 is 13.9 Å². The van der Waals surface area contributed by atoms with Crippen molar-refractivity contribution in [3.63, 3.8) is 0 Å². The van der Waals surface area contributed by atoms with Gasteiger partial charge in [0.1, 0.15) is 5.82 Å². The van der Waals surface area contributed by atoms with Gasteiger partial charge in [-0.1, -0.05) is 48.5 Å². The third-order valence-corrected chi connectivity index (χ3v) is 6.89. The Kier molecular flexibility index (Phi) is 4.21. The van der Waals surface area contributed by atoms with E-state index in [0.717, 1.165) is 6.42 Å². The van der Waals surface area contributed by atoms with Crippen LogP contribution in [0.15, 0.2) is 54.6 Å². The van der Waals surface area contributed by atoms with Crippen LogP contribution in [0.5, 0.6) is 0 Å². The second kappa shape index (κ2) is 6.38. The Morgan fingerprint density at radius 3 is 2.28 bits per heavy atom. The molecule has 0 saturated heterocycles. The number of aryl methyl sites for hydroxylation is 1. The standard InChI is InChI=1S/C21H26N3P/c1-15(2)23-21-20(18-12-8-9-13-19(18)22(21)4)24(25-23)16(3)14-17-10-6-5-7-11-17/h5-13,15-16,25H,14H2,1-4H3/t16-/m0/s1. The first-order valence-corrected chi connectivity index (χ1v) is 9.93. The van der Waals surface area contributed by atoms with Gasteiger partial charge in [-0.3, -0.25) is 0 Å². The molecule has 0 fully saturated rings. The van der Waals surface area contributed by atoms with Crippen LogP contribution in [0.4, 0.5) is 11.5 Å². The molecular weight excluding hydrogens is 325 g/mol. The first-order chi connectivity index (χ1) is 12.1. The van der Waals surface area contributed by atoms with E-state index in [1.54, 1.807) is 0 Å². The summed E-state index contributed by atoms with van der Waals surface area (Å²) in [6, 6.07) is 20.6. The van der Waals surface area contributed by atoms with Crippen molar-refractivity contribution < 1.29 is 0 Å². The van der Waals surface area contributed by atoms with E-state index in [2.05, 4.69) is 96.3 Å². The maximum atomic E-state index is 2.62. The van der Waals surface area contributed by atoms with Crippen LogP contribution in [0.3, 0.4) is 0 Å². The molecule has 2 atom stereocenters. The maximum absolute atomic E-state index is 2.62. The smallest absolute Gasteiger partial charge is 0.138 e. The number of aromatic nitrogens is 1. The molecule has 1 aromatic heterocycles. The van der Waals surface area contributed by atoms with E-state index in [1.807, 2.05) is 0 Å². The van der Waals surface area contributed by atoms with Crippen LogP contribution in [0.1, 0.15) is 26.3 Å². The summed E-state index contributed by atoms with van der Waals surface area (Å²) in [7, 11) is 2.87. The minimum atomic E-state index is 0.467. The molecule has 130 valence electrons. The second-order valence-electron chi connectivity index (χ2n) is 7.22. The molecule has 3 nitrogen and oxygen atoms in total. The minimum Gasteiger partial charge on any atom is -0.329 e. The number of benzene rings is 2. The van der Waals surface area contributed by atoms with E-state index < -0.39 is 0 Å². The van der Waals surface area contributed by atoms with Gasteiger partial charge in [-0.2, -0.15) is 0 Å². The van der Waals surface area contributed by atoms with Crippen LogP contribution in [-0.2, 0) is 13.5 Å². The highest BCUT2D eigenvalue weighted by molar-refractivity contribution is 7.43. The molecule has 1 aliphatic heterocycles. The van der Waals surface area contributed by atoms with Gasteiger partial charge in [0.25, 0.3) is 0 Å². The third kappa shape index (κ3) is 2.71. The molecule has 4 heteroatoms. The summed E-state index contributed by atoms with van der Waals surface area (Å²) >= 11 is 0. The summed E-state index contributed by atoms with van der Waals surface area (Å²) in [5, 5.41) is 1.37. The second-order valence-corrected chi connectivity index (χ2v) is 8.38. The Labute approximate surface area is 152 Å². The van der Waals surface area contributed by atoms with E-state index in [4.69, 9.17) is 0 Å². The van der Waals surface area contributed by atoms with Crippen molar-refractivity contribution in [3.8, 4) is 0 Å². The Bertz CT molecular complexity index is 885. The lowest BCUT2D eigenvalue weighted by molar-refractivity contribution is 0.744. The van der Waals surface area contributed by atoms with Crippen molar-refractivity contribution >= 4 is 31.3 Å². The zero-order valence-corrected chi connectivity index (χ0v) is 16.4. The van der Waals surface area contributed by atoms with Crippen molar-refractivity contribution in [1.29, 1.82) is 0 Å².